The molecule has 1 amide bonds. The zero-order valence-electron chi connectivity index (χ0n) is 17.7. The number of amides is 1. The van der Waals surface area contributed by atoms with Gasteiger partial charge in [0.2, 0.25) is 11.7 Å². The number of carbonyl (C=O) groups is 1. The van der Waals surface area contributed by atoms with Crippen molar-refractivity contribution in [2.45, 2.75) is 37.2 Å². The first-order valence-electron chi connectivity index (χ1n) is 10.1. The summed E-state index contributed by atoms with van der Waals surface area (Å²) in [5, 5.41) is 22.6. The van der Waals surface area contributed by atoms with Crippen LogP contribution in [-0.4, -0.2) is 35.2 Å². The second kappa shape index (κ2) is 9.20. The van der Waals surface area contributed by atoms with Gasteiger partial charge in [-0.15, -0.1) is 10.2 Å². The number of rotatable bonds is 7. The van der Waals surface area contributed by atoms with Crippen molar-refractivity contribution in [2.24, 2.45) is 0 Å². The molecule has 0 unspecified atom stereocenters. The summed E-state index contributed by atoms with van der Waals surface area (Å²) in [5.74, 6) is -0.0114. The molecule has 170 valence electrons. The van der Waals surface area contributed by atoms with Crippen LogP contribution in [0.3, 0.4) is 0 Å². The molecule has 0 saturated carbocycles. The number of fused-ring (bicyclic) bond motifs is 3. The second-order valence-corrected chi connectivity index (χ2v) is 8.98. The van der Waals surface area contributed by atoms with Gasteiger partial charge in [-0.2, -0.15) is 0 Å². The van der Waals surface area contributed by atoms with Gasteiger partial charge >= 0.3 is 0 Å². The fraction of sp³-hybridized carbons (Fsp3) is 0.238. The number of hydrogen-bond acceptors (Lipinski definition) is 7. The Morgan fingerprint density at radius 1 is 1.27 bits per heavy atom. The summed E-state index contributed by atoms with van der Waals surface area (Å²) in [7, 11) is 0. The molecule has 12 heteroatoms. The third kappa shape index (κ3) is 4.29. The van der Waals surface area contributed by atoms with Crippen molar-refractivity contribution in [3.8, 4) is 0 Å². The van der Waals surface area contributed by atoms with Gasteiger partial charge in [0.15, 0.2) is 5.16 Å². The summed E-state index contributed by atoms with van der Waals surface area (Å²) in [6.45, 7) is 4.13. The molecular formula is C21H19ClN6O4S. The Morgan fingerprint density at radius 3 is 2.76 bits per heavy atom. The monoisotopic (exact) mass is 486 g/mol. The molecule has 2 aromatic heterocycles. The normalized spacial score (nSPS) is 12.2. The molecule has 4 rings (SSSR count). The van der Waals surface area contributed by atoms with Crippen molar-refractivity contribution in [3.63, 3.8) is 0 Å². The van der Waals surface area contributed by atoms with E-state index < -0.39 is 16.1 Å². The lowest BCUT2D eigenvalue weighted by atomic mass is 10.2. The zero-order valence-corrected chi connectivity index (χ0v) is 19.3. The van der Waals surface area contributed by atoms with Crippen LogP contribution >= 0.6 is 23.4 Å². The number of thioether (sulfide) groups is 1. The largest absolute Gasteiger partial charge is 0.324 e. The summed E-state index contributed by atoms with van der Waals surface area (Å²) in [4.78, 5) is 36.2. The maximum atomic E-state index is 12.9. The number of anilines is 1. The molecule has 4 aromatic rings. The number of aromatic nitrogens is 4. The van der Waals surface area contributed by atoms with E-state index in [0.29, 0.717) is 28.4 Å². The fourth-order valence-corrected chi connectivity index (χ4v) is 4.42. The number of nitrogens with one attached hydrogen (secondary N) is 1. The van der Waals surface area contributed by atoms with Crippen LogP contribution in [0.2, 0.25) is 5.02 Å². The van der Waals surface area contributed by atoms with Crippen molar-refractivity contribution in [3.05, 3.63) is 68.0 Å². The quantitative estimate of drug-likeness (QED) is 0.236. The van der Waals surface area contributed by atoms with Crippen LogP contribution in [0.5, 0.6) is 0 Å². The van der Waals surface area contributed by atoms with Crippen LogP contribution in [0.1, 0.15) is 20.3 Å². The number of halogens is 1. The van der Waals surface area contributed by atoms with Crippen LogP contribution in [0.4, 0.5) is 11.4 Å². The molecule has 0 bridgehead atoms. The summed E-state index contributed by atoms with van der Waals surface area (Å²) in [6.07, 6.45) is 0.742. The van der Waals surface area contributed by atoms with Gasteiger partial charge in [-0.1, -0.05) is 42.4 Å². The zero-order chi connectivity index (χ0) is 23.7. The van der Waals surface area contributed by atoms with Gasteiger partial charge in [0.05, 0.1) is 31.8 Å². The number of benzene rings is 2. The first-order chi connectivity index (χ1) is 15.8. The highest BCUT2D eigenvalue weighted by atomic mass is 35.5. The van der Waals surface area contributed by atoms with Gasteiger partial charge in [0.1, 0.15) is 0 Å². The van der Waals surface area contributed by atoms with Crippen molar-refractivity contribution < 1.29 is 9.72 Å². The Labute approximate surface area is 196 Å². The van der Waals surface area contributed by atoms with E-state index in [9.17, 15) is 19.7 Å². The maximum absolute atomic E-state index is 12.9. The predicted octanol–water partition coefficient (Wildman–Crippen LogP) is 4.14. The van der Waals surface area contributed by atoms with Gasteiger partial charge in [-0.05, 0) is 31.5 Å². The van der Waals surface area contributed by atoms with E-state index in [1.54, 1.807) is 34.1 Å². The minimum Gasteiger partial charge on any atom is -0.324 e. The van der Waals surface area contributed by atoms with Crippen molar-refractivity contribution in [1.82, 2.24) is 19.2 Å². The molecule has 0 aliphatic heterocycles. The molecule has 0 radical (unpaired) electrons. The average molecular weight is 487 g/mol. The molecule has 0 spiro atoms. The molecule has 2 aromatic carbocycles. The summed E-state index contributed by atoms with van der Waals surface area (Å²) < 4.78 is 3.34. The Balaban J connectivity index is 1.68. The summed E-state index contributed by atoms with van der Waals surface area (Å²) >= 11 is 7.25. The lowest BCUT2D eigenvalue weighted by molar-refractivity contribution is -0.384. The number of carbonyl (C=O) groups excluding carboxylic acids is 1. The molecule has 0 aliphatic carbocycles. The second-order valence-electron chi connectivity index (χ2n) is 7.26. The minimum absolute atomic E-state index is 0.144. The van der Waals surface area contributed by atoms with Gasteiger partial charge in [-0.3, -0.25) is 28.7 Å². The van der Waals surface area contributed by atoms with E-state index in [0.717, 1.165) is 18.2 Å². The van der Waals surface area contributed by atoms with Crippen LogP contribution in [-0.2, 0) is 11.3 Å². The fourth-order valence-electron chi connectivity index (χ4n) is 3.40. The van der Waals surface area contributed by atoms with Crippen molar-refractivity contribution >= 4 is 57.3 Å². The van der Waals surface area contributed by atoms with Crippen molar-refractivity contribution in [2.75, 3.05) is 5.32 Å². The highest BCUT2D eigenvalue weighted by Crippen LogP contribution is 2.29. The molecule has 0 saturated heterocycles. The van der Waals surface area contributed by atoms with Gasteiger partial charge in [-0.25, -0.2) is 0 Å². The molecule has 1 N–H and O–H groups in total. The van der Waals surface area contributed by atoms with E-state index in [-0.39, 0.29) is 22.0 Å². The minimum atomic E-state index is -0.641. The maximum Gasteiger partial charge on any atom is 0.271 e. The van der Waals surface area contributed by atoms with Crippen LogP contribution in [0.15, 0.2) is 52.4 Å². The Kier molecular flexibility index (Phi) is 6.34. The van der Waals surface area contributed by atoms with Crippen LogP contribution in [0.25, 0.3) is 16.7 Å². The number of para-hydroxylation sites is 1. The Bertz CT molecular complexity index is 1450. The first-order valence-corrected chi connectivity index (χ1v) is 11.4. The number of non-ortho nitro benzene ring substituents is 1. The molecule has 0 aliphatic rings. The predicted molar refractivity (Wildman–Crippen MR) is 127 cm³/mol. The lowest BCUT2D eigenvalue weighted by Gasteiger charge is -2.13. The van der Waals surface area contributed by atoms with Gasteiger partial charge in [0, 0.05) is 18.7 Å². The molecule has 10 nitrogen and oxygen atoms in total. The van der Waals surface area contributed by atoms with E-state index >= 15 is 0 Å². The highest BCUT2D eigenvalue weighted by molar-refractivity contribution is 8.00. The number of aryl methyl sites for hydroxylation is 1. The molecular weight excluding hydrogens is 468 g/mol. The first kappa shape index (κ1) is 22.7. The van der Waals surface area contributed by atoms with E-state index in [2.05, 4.69) is 15.5 Å². The van der Waals surface area contributed by atoms with Gasteiger partial charge in [0.25, 0.3) is 11.2 Å². The van der Waals surface area contributed by atoms with E-state index in [1.807, 2.05) is 13.0 Å². The highest BCUT2D eigenvalue weighted by Gasteiger charge is 2.22. The number of nitro benzene ring substituents is 1. The summed E-state index contributed by atoms with van der Waals surface area (Å²) in [6, 6.07) is 11.0. The topological polar surface area (TPSA) is 124 Å². The molecule has 33 heavy (non-hydrogen) atoms. The number of nitrogens with zero attached hydrogens (tertiary/aromatic N) is 5. The molecule has 1 atom stereocenters. The lowest BCUT2D eigenvalue weighted by Crippen LogP contribution is -2.24. The van der Waals surface area contributed by atoms with E-state index in [1.165, 1.54) is 18.2 Å². The molecule has 2 heterocycles. The third-order valence-electron chi connectivity index (χ3n) is 5.00. The third-order valence-corrected chi connectivity index (χ3v) is 6.37. The summed E-state index contributed by atoms with van der Waals surface area (Å²) in [5.41, 5.74) is 0.470. The average Bonchev–Trinajstić information content (AvgIpc) is 3.21. The van der Waals surface area contributed by atoms with Gasteiger partial charge < -0.3 is 5.32 Å². The van der Waals surface area contributed by atoms with Crippen LogP contribution < -0.4 is 10.9 Å². The number of hydrogen-bond donors (Lipinski definition) is 1. The molecule has 0 fully saturated rings. The van der Waals surface area contributed by atoms with E-state index in [4.69, 9.17) is 11.6 Å². The number of nitro groups is 1. The standard InChI is InChI=1S/C21H19ClN6O4S/c1-3-10-26-19(30)14-6-4-5-7-17(14)27-20(26)24-25-21(27)33-12(2)18(29)23-16-11-13(28(31)32)8-9-15(16)22/h4-9,11-12H,3,10H2,1-2H3,(H,23,29)/t12-/m1/s1. The van der Waals surface area contributed by atoms with Crippen LogP contribution in [0, 0.1) is 10.1 Å². The van der Waals surface area contributed by atoms with Crippen molar-refractivity contribution in [1.29, 1.82) is 0 Å². The smallest absolute Gasteiger partial charge is 0.271 e. The Morgan fingerprint density at radius 2 is 2.03 bits per heavy atom. The SMILES string of the molecule is CCCn1c(=O)c2ccccc2n2c(S[C@H](C)C(=O)Nc3cc([N+](=O)[O-])ccc3Cl)nnc12. The Hall–Kier alpha value is -3.44.